The number of ether oxygens (including phenoxy) is 2. The Hall–Kier alpha value is -3.49. The first kappa shape index (κ1) is 25.8. The molecule has 0 radical (unpaired) electrons. The molecule has 5 heterocycles. The predicted molar refractivity (Wildman–Crippen MR) is 152 cm³/mol. The fraction of sp³-hybridized carbons (Fsp3) is 0.452. The molecule has 0 spiro atoms. The number of nitrogens with zero attached hydrogens (tertiary/aromatic N) is 5. The van der Waals surface area contributed by atoms with E-state index >= 15 is 0 Å². The van der Waals surface area contributed by atoms with Gasteiger partial charge in [0.2, 0.25) is 5.91 Å². The second kappa shape index (κ2) is 11.7. The van der Waals surface area contributed by atoms with Gasteiger partial charge in [0.15, 0.2) is 0 Å². The number of unbranched alkanes of at least 4 members (excludes halogenated alkanes) is 2. The highest BCUT2D eigenvalue weighted by atomic mass is 16.5. The van der Waals surface area contributed by atoms with Crippen LogP contribution in [0.4, 0.5) is 0 Å². The monoisotopic (exact) mass is 527 g/mol. The molecule has 0 unspecified atom stereocenters. The van der Waals surface area contributed by atoms with Crippen LogP contribution in [-0.4, -0.2) is 69.7 Å². The number of morpholine rings is 1. The molecule has 1 amide bonds. The molecule has 8 heteroatoms. The third-order valence-electron chi connectivity index (χ3n) is 8.02. The lowest BCUT2D eigenvalue weighted by Crippen LogP contribution is -2.42. The third kappa shape index (κ3) is 5.23. The van der Waals surface area contributed by atoms with Crippen molar-refractivity contribution in [3.8, 4) is 5.75 Å². The Balaban J connectivity index is 1.40. The van der Waals surface area contributed by atoms with Crippen molar-refractivity contribution in [3.63, 3.8) is 0 Å². The van der Waals surface area contributed by atoms with E-state index in [1.807, 2.05) is 35.5 Å². The largest absolute Gasteiger partial charge is 0.492 e. The second-order valence-corrected chi connectivity index (χ2v) is 10.5. The molecule has 4 aromatic rings. The van der Waals surface area contributed by atoms with Crippen molar-refractivity contribution in [1.29, 1.82) is 0 Å². The molecule has 2 aliphatic heterocycles. The Morgan fingerprint density at radius 2 is 1.87 bits per heavy atom. The Morgan fingerprint density at radius 1 is 1.00 bits per heavy atom. The standard InChI is InChI=1S/C31H37N5O3/c1-2-3-6-15-35(27-12-18-39-28-10-7-13-33-30(27)28)21-25-31-24(11-14-32-25)23-8-4-5-9-26(23)36(31)22-29(37)34-16-19-38-20-17-34/h4-5,7-11,13-14,27H,2-3,6,12,15-22H2,1H3/t27-/m0/s1. The maximum Gasteiger partial charge on any atom is 0.242 e. The van der Waals surface area contributed by atoms with Gasteiger partial charge in [0, 0.05) is 54.7 Å². The number of benzene rings is 1. The lowest BCUT2D eigenvalue weighted by atomic mass is 10.0. The van der Waals surface area contributed by atoms with Gasteiger partial charge in [0.25, 0.3) is 0 Å². The van der Waals surface area contributed by atoms with Crippen LogP contribution in [0.5, 0.6) is 5.75 Å². The van der Waals surface area contributed by atoms with E-state index < -0.39 is 0 Å². The predicted octanol–water partition coefficient (Wildman–Crippen LogP) is 4.96. The van der Waals surface area contributed by atoms with Gasteiger partial charge < -0.3 is 18.9 Å². The molecule has 0 N–H and O–H groups in total. The topological polar surface area (TPSA) is 72.7 Å². The average Bonchev–Trinajstić information content (AvgIpc) is 3.31. The number of carbonyl (C=O) groups is 1. The first-order valence-corrected chi connectivity index (χ1v) is 14.3. The Bertz CT molecular complexity index is 1440. The van der Waals surface area contributed by atoms with E-state index in [0.717, 1.165) is 58.3 Å². The van der Waals surface area contributed by atoms with E-state index in [1.54, 1.807) is 0 Å². The smallest absolute Gasteiger partial charge is 0.242 e. The van der Waals surface area contributed by atoms with Crippen molar-refractivity contribution >= 4 is 27.7 Å². The average molecular weight is 528 g/mol. The number of hydrogen-bond acceptors (Lipinski definition) is 6. The van der Waals surface area contributed by atoms with Crippen molar-refractivity contribution in [2.45, 2.75) is 51.7 Å². The first-order chi connectivity index (χ1) is 19.2. The Morgan fingerprint density at radius 3 is 2.74 bits per heavy atom. The molecule has 2 aliphatic rings. The number of fused-ring (bicyclic) bond motifs is 4. The zero-order valence-electron chi connectivity index (χ0n) is 22.7. The van der Waals surface area contributed by atoms with Crippen LogP contribution in [-0.2, 0) is 22.6 Å². The van der Waals surface area contributed by atoms with Gasteiger partial charge in [0.1, 0.15) is 12.3 Å². The molecule has 6 rings (SSSR count). The van der Waals surface area contributed by atoms with E-state index in [9.17, 15) is 4.79 Å². The molecule has 1 fully saturated rings. The molecule has 204 valence electrons. The van der Waals surface area contributed by atoms with Crippen molar-refractivity contribution in [1.82, 2.24) is 24.3 Å². The van der Waals surface area contributed by atoms with Crippen LogP contribution in [0.1, 0.15) is 50.0 Å². The zero-order valence-corrected chi connectivity index (χ0v) is 22.7. The van der Waals surface area contributed by atoms with Gasteiger partial charge >= 0.3 is 0 Å². The summed E-state index contributed by atoms with van der Waals surface area (Å²) in [5, 5.41) is 2.30. The Labute approximate surface area is 229 Å². The van der Waals surface area contributed by atoms with E-state index in [-0.39, 0.29) is 11.9 Å². The summed E-state index contributed by atoms with van der Waals surface area (Å²) in [4.78, 5) is 27.6. The fourth-order valence-corrected chi connectivity index (χ4v) is 6.05. The molecule has 3 aromatic heterocycles. The number of rotatable bonds is 9. The van der Waals surface area contributed by atoms with Crippen LogP contribution in [0.15, 0.2) is 54.9 Å². The van der Waals surface area contributed by atoms with Gasteiger partial charge in [-0.15, -0.1) is 0 Å². The van der Waals surface area contributed by atoms with Crippen molar-refractivity contribution in [3.05, 3.63) is 66.2 Å². The summed E-state index contributed by atoms with van der Waals surface area (Å²) >= 11 is 0. The summed E-state index contributed by atoms with van der Waals surface area (Å²) in [6, 6.07) is 14.6. The normalized spacial score (nSPS) is 17.5. The summed E-state index contributed by atoms with van der Waals surface area (Å²) < 4.78 is 13.6. The summed E-state index contributed by atoms with van der Waals surface area (Å²) in [7, 11) is 0. The van der Waals surface area contributed by atoms with E-state index in [4.69, 9.17) is 19.4 Å². The van der Waals surface area contributed by atoms with Crippen LogP contribution >= 0.6 is 0 Å². The molecule has 0 aliphatic carbocycles. The number of amides is 1. The minimum Gasteiger partial charge on any atom is -0.492 e. The van der Waals surface area contributed by atoms with Crippen molar-refractivity contribution in [2.75, 3.05) is 39.5 Å². The maximum absolute atomic E-state index is 13.4. The number of para-hydroxylation sites is 1. The zero-order chi connectivity index (χ0) is 26.6. The highest BCUT2D eigenvalue weighted by Gasteiger charge is 2.30. The lowest BCUT2D eigenvalue weighted by Gasteiger charge is -2.35. The number of aromatic nitrogens is 3. The van der Waals surface area contributed by atoms with Gasteiger partial charge in [-0.1, -0.05) is 38.0 Å². The minimum absolute atomic E-state index is 0.123. The first-order valence-electron chi connectivity index (χ1n) is 14.3. The molecule has 1 saturated heterocycles. The quantitative estimate of drug-likeness (QED) is 0.287. The maximum atomic E-state index is 13.4. The number of pyridine rings is 2. The molecule has 0 saturated carbocycles. The van der Waals surface area contributed by atoms with Crippen molar-refractivity contribution in [2.24, 2.45) is 0 Å². The van der Waals surface area contributed by atoms with Crippen LogP contribution in [0.3, 0.4) is 0 Å². The van der Waals surface area contributed by atoms with Crippen molar-refractivity contribution < 1.29 is 14.3 Å². The van der Waals surface area contributed by atoms with E-state index in [0.29, 0.717) is 46.0 Å². The summed E-state index contributed by atoms with van der Waals surface area (Å²) in [5.74, 6) is 1.00. The summed E-state index contributed by atoms with van der Waals surface area (Å²) in [6.07, 6.45) is 8.13. The van der Waals surface area contributed by atoms with Gasteiger partial charge in [-0.3, -0.25) is 19.7 Å². The highest BCUT2D eigenvalue weighted by molar-refractivity contribution is 6.09. The summed E-state index contributed by atoms with van der Waals surface area (Å²) in [5.41, 5.74) is 4.13. The van der Waals surface area contributed by atoms with Gasteiger partial charge in [-0.25, -0.2) is 0 Å². The molecular weight excluding hydrogens is 490 g/mol. The van der Waals surface area contributed by atoms with Crippen LogP contribution in [0.2, 0.25) is 0 Å². The highest BCUT2D eigenvalue weighted by Crippen LogP contribution is 2.37. The number of carbonyl (C=O) groups excluding carboxylic acids is 1. The lowest BCUT2D eigenvalue weighted by molar-refractivity contribution is -0.135. The molecule has 1 aromatic carbocycles. The van der Waals surface area contributed by atoms with Crippen LogP contribution < -0.4 is 4.74 Å². The van der Waals surface area contributed by atoms with Crippen LogP contribution in [0, 0.1) is 0 Å². The van der Waals surface area contributed by atoms with E-state index in [1.165, 1.54) is 12.8 Å². The molecule has 8 nitrogen and oxygen atoms in total. The SMILES string of the molecule is CCCCCN(Cc1nccc2c3ccccc3n(CC(=O)N3CCOCC3)c12)[C@H]1CCOc2cccnc21. The Kier molecular flexibility index (Phi) is 7.74. The van der Waals surface area contributed by atoms with E-state index in [2.05, 4.69) is 40.7 Å². The van der Waals surface area contributed by atoms with Crippen LogP contribution in [0.25, 0.3) is 21.8 Å². The summed E-state index contributed by atoms with van der Waals surface area (Å²) in [6.45, 7) is 7.33. The minimum atomic E-state index is 0.123. The molecule has 1 atom stereocenters. The third-order valence-corrected chi connectivity index (χ3v) is 8.02. The molecular formula is C31H37N5O3. The van der Waals surface area contributed by atoms with Gasteiger partial charge in [0.05, 0.1) is 42.8 Å². The fourth-order valence-electron chi connectivity index (χ4n) is 6.05. The number of hydrogen-bond donors (Lipinski definition) is 0. The second-order valence-electron chi connectivity index (χ2n) is 10.5. The van der Waals surface area contributed by atoms with Gasteiger partial charge in [-0.2, -0.15) is 0 Å². The molecule has 39 heavy (non-hydrogen) atoms. The molecule has 0 bridgehead atoms. The van der Waals surface area contributed by atoms with Gasteiger partial charge in [-0.05, 0) is 37.2 Å².